The Morgan fingerprint density at radius 2 is 2.31 bits per heavy atom. The molecule has 0 saturated carbocycles. The van der Waals surface area contributed by atoms with Gasteiger partial charge in [0.1, 0.15) is 12.4 Å². The third-order valence-corrected chi connectivity index (χ3v) is 1.62. The van der Waals surface area contributed by atoms with Gasteiger partial charge in [0.05, 0.1) is 12.3 Å². The van der Waals surface area contributed by atoms with Crippen molar-refractivity contribution < 1.29 is 9.84 Å². The normalized spacial score (nSPS) is 9.69. The molecule has 0 heterocycles. The van der Waals surface area contributed by atoms with Crippen LogP contribution in [-0.2, 0) is 0 Å². The van der Waals surface area contributed by atoms with Crippen LogP contribution in [0.15, 0.2) is 18.2 Å². The molecule has 1 aromatic rings. The van der Waals surface area contributed by atoms with Gasteiger partial charge in [-0.25, -0.2) is 0 Å². The van der Waals surface area contributed by atoms with Crippen LogP contribution in [0.25, 0.3) is 0 Å². The van der Waals surface area contributed by atoms with Gasteiger partial charge in [-0.3, -0.25) is 0 Å². The van der Waals surface area contributed by atoms with Crippen LogP contribution in [0.1, 0.15) is 0 Å². The fraction of sp³-hybridized carbons (Fsp3) is 0.333. The van der Waals surface area contributed by atoms with E-state index in [1.54, 1.807) is 25.2 Å². The Morgan fingerprint density at radius 3 is 2.92 bits per heavy atom. The zero-order chi connectivity index (χ0) is 9.68. The van der Waals surface area contributed by atoms with Crippen molar-refractivity contribution >= 4 is 11.4 Å². The van der Waals surface area contributed by atoms with Crippen molar-refractivity contribution in [1.29, 1.82) is 0 Å². The minimum Gasteiger partial charge on any atom is -0.489 e. The van der Waals surface area contributed by atoms with Crippen LogP contribution in [0.4, 0.5) is 11.4 Å². The first-order valence-electron chi connectivity index (χ1n) is 4.09. The molecule has 0 saturated heterocycles. The quantitative estimate of drug-likeness (QED) is 0.599. The van der Waals surface area contributed by atoms with Crippen molar-refractivity contribution in [3.8, 4) is 5.75 Å². The number of nitrogen functional groups attached to an aromatic ring is 1. The summed E-state index contributed by atoms with van der Waals surface area (Å²) in [5, 5.41) is 11.5. The van der Waals surface area contributed by atoms with E-state index in [9.17, 15) is 0 Å². The number of nitrogens with two attached hydrogens (primary N) is 1. The lowest BCUT2D eigenvalue weighted by atomic mass is 10.2. The van der Waals surface area contributed by atoms with Crippen molar-refractivity contribution in [2.24, 2.45) is 0 Å². The summed E-state index contributed by atoms with van der Waals surface area (Å²) < 4.78 is 5.26. The number of hydrogen-bond donors (Lipinski definition) is 3. The summed E-state index contributed by atoms with van der Waals surface area (Å²) in [6.45, 7) is 0.298. The van der Waals surface area contributed by atoms with Gasteiger partial charge in [0.25, 0.3) is 0 Å². The maximum Gasteiger partial charge on any atom is 0.142 e. The minimum absolute atomic E-state index is 0.00747. The molecule has 1 aromatic carbocycles. The zero-order valence-corrected chi connectivity index (χ0v) is 7.58. The summed E-state index contributed by atoms with van der Waals surface area (Å²) in [6, 6.07) is 5.32. The Hall–Kier alpha value is -1.42. The van der Waals surface area contributed by atoms with Gasteiger partial charge in [-0.2, -0.15) is 0 Å². The van der Waals surface area contributed by atoms with Crippen molar-refractivity contribution in [2.45, 2.75) is 0 Å². The van der Waals surface area contributed by atoms with Crippen molar-refractivity contribution in [3.05, 3.63) is 18.2 Å². The Balaban J connectivity index is 2.79. The van der Waals surface area contributed by atoms with E-state index in [1.807, 2.05) is 0 Å². The Bertz CT molecular complexity index is 276. The van der Waals surface area contributed by atoms with Gasteiger partial charge in [-0.05, 0) is 18.2 Å². The van der Waals surface area contributed by atoms with Crippen LogP contribution >= 0.6 is 0 Å². The third kappa shape index (κ3) is 2.52. The van der Waals surface area contributed by atoms with Crippen LogP contribution in [-0.4, -0.2) is 25.4 Å². The van der Waals surface area contributed by atoms with Gasteiger partial charge in [0.2, 0.25) is 0 Å². The number of rotatable bonds is 4. The molecular formula is C9H14N2O2. The highest BCUT2D eigenvalue weighted by molar-refractivity contribution is 5.63. The van der Waals surface area contributed by atoms with Gasteiger partial charge >= 0.3 is 0 Å². The number of benzene rings is 1. The van der Waals surface area contributed by atoms with Gasteiger partial charge in [-0.1, -0.05) is 0 Å². The smallest absolute Gasteiger partial charge is 0.142 e. The van der Waals surface area contributed by atoms with E-state index in [2.05, 4.69) is 5.32 Å². The first kappa shape index (κ1) is 9.67. The van der Waals surface area contributed by atoms with Crippen LogP contribution in [0.2, 0.25) is 0 Å². The summed E-state index contributed by atoms with van der Waals surface area (Å²) in [6.07, 6.45) is 0. The van der Waals surface area contributed by atoms with Gasteiger partial charge in [0, 0.05) is 12.7 Å². The molecule has 4 N–H and O–H groups in total. The monoisotopic (exact) mass is 182 g/mol. The SMILES string of the molecule is CNc1cc(N)ccc1OCCO. The average Bonchev–Trinajstić information content (AvgIpc) is 2.16. The van der Waals surface area contributed by atoms with Crippen LogP contribution in [0.3, 0.4) is 0 Å². The second kappa shape index (κ2) is 4.57. The number of anilines is 2. The molecular weight excluding hydrogens is 168 g/mol. The van der Waals surface area contributed by atoms with Gasteiger partial charge < -0.3 is 20.9 Å². The lowest BCUT2D eigenvalue weighted by Crippen LogP contribution is -2.04. The highest BCUT2D eigenvalue weighted by atomic mass is 16.5. The fourth-order valence-electron chi connectivity index (χ4n) is 1.02. The Kier molecular flexibility index (Phi) is 3.40. The number of aliphatic hydroxyl groups is 1. The molecule has 72 valence electrons. The summed E-state index contributed by atoms with van der Waals surface area (Å²) in [4.78, 5) is 0. The molecule has 0 spiro atoms. The molecule has 0 aliphatic rings. The maximum absolute atomic E-state index is 8.58. The molecule has 1 rings (SSSR count). The first-order valence-corrected chi connectivity index (χ1v) is 4.09. The largest absolute Gasteiger partial charge is 0.489 e. The minimum atomic E-state index is 0.00747. The van der Waals surface area contributed by atoms with Crippen molar-refractivity contribution in [3.63, 3.8) is 0 Å². The molecule has 0 bridgehead atoms. The molecule has 0 radical (unpaired) electrons. The van der Waals surface area contributed by atoms with E-state index in [-0.39, 0.29) is 6.61 Å². The standard InChI is InChI=1S/C9H14N2O2/c1-11-8-6-7(10)2-3-9(8)13-5-4-12/h2-3,6,11-12H,4-5,10H2,1H3. The Labute approximate surface area is 77.3 Å². The van der Waals surface area contributed by atoms with Crippen LogP contribution in [0.5, 0.6) is 5.75 Å². The molecule has 0 atom stereocenters. The van der Waals surface area contributed by atoms with Gasteiger partial charge in [0.15, 0.2) is 0 Å². The van der Waals surface area contributed by atoms with E-state index >= 15 is 0 Å². The molecule has 0 aliphatic heterocycles. The second-order valence-electron chi connectivity index (χ2n) is 2.58. The molecule has 0 amide bonds. The summed E-state index contributed by atoms with van der Waals surface area (Å²) in [7, 11) is 1.79. The van der Waals surface area contributed by atoms with E-state index < -0.39 is 0 Å². The van der Waals surface area contributed by atoms with Gasteiger partial charge in [-0.15, -0.1) is 0 Å². The average molecular weight is 182 g/mol. The number of nitrogens with one attached hydrogen (secondary N) is 1. The van der Waals surface area contributed by atoms with Crippen molar-refractivity contribution in [1.82, 2.24) is 0 Å². The number of hydrogen-bond acceptors (Lipinski definition) is 4. The van der Waals surface area contributed by atoms with E-state index in [1.165, 1.54) is 0 Å². The second-order valence-corrected chi connectivity index (χ2v) is 2.58. The highest BCUT2D eigenvalue weighted by Gasteiger charge is 2.01. The zero-order valence-electron chi connectivity index (χ0n) is 7.58. The van der Waals surface area contributed by atoms with Crippen molar-refractivity contribution in [2.75, 3.05) is 31.3 Å². The first-order chi connectivity index (χ1) is 6.27. The summed E-state index contributed by atoms with van der Waals surface area (Å²) in [5.74, 6) is 0.700. The molecule has 0 aromatic heterocycles. The molecule has 4 heteroatoms. The number of aliphatic hydroxyl groups excluding tert-OH is 1. The fourth-order valence-corrected chi connectivity index (χ4v) is 1.02. The Morgan fingerprint density at radius 1 is 1.54 bits per heavy atom. The third-order valence-electron chi connectivity index (χ3n) is 1.62. The lowest BCUT2D eigenvalue weighted by molar-refractivity contribution is 0.202. The van der Waals surface area contributed by atoms with Crippen LogP contribution < -0.4 is 15.8 Å². The predicted molar refractivity (Wildman–Crippen MR) is 53.0 cm³/mol. The van der Waals surface area contributed by atoms with E-state index in [0.29, 0.717) is 18.0 Å². The van der Waals surface area contributed by atoms with Crippen LogP contribution in [0, 0.1) is 0 Å². The number of ether oxygens (including phenoxy) is 1. The molecule has 13 heavy (non-hydrogen) atoms. The topological polar surface area (TPSA) is 67.5 Å². The summed E-state index contributed by atoms with van der Waals surface area (Å²) >= 11 is 0. The molecule has 0 unspecified atom stereocenters. The van der Waals surface area contributed by atoms with E-state index in [4.69, 9.17) is 15.6 Å². The predicted octanol–water partition coefficient (Wildman–Crippen LogP) is 0.682. The summed E-state index contributed by atoms with van der Waals surface area (Å²) in [5.41, 5.74) is 7.10. The molecule has 0 aliphatic carbocycles. The highest BCUT2D eigenvalue weighted by Crippen LogP contribution is 2.25. The lowest BCUT2D eigenvalue weighted by Gasteiger charge is -2.10. The molecule has 4 nitrogen and oxygen atoms in total. The molecule has 0 fully saturated rings. The maximum atomic E-state index is 8.58. The van der Waals surface area contributed by atoms with E-state index in [0.717, 1.165) is 5.69 Å².